The average Bonchev–Trinajstić information content (AvgIpc) is 2.40. The van der Waals surface area contributed by atoms with Gasteiger partial charge in [0.15, 0.2) is 6.10 Å². The number of amides is 3. The van der Waals surface area contributed by atoms with Crippen molar-refractivity contribution in [1.82, 2.24) is 10.6 Å². The minimum atomic E-state index is -1.39. The lowest BCUT2D eigenvalue weighted by Gasteiger charge is -2.15. The predicted molar refractivity (Wildman–Crippen MR) is 66.0 cm³/mol. The van der Waals surface area contributed by atoms with Crippen LogP contribution < -0.4 is 15.4 Å². The van der Waals surface area contributed by atoms with E-state index in [1.54, 1.807) is 0 Å². The zero-order valence-corrected chi connectivity index (χ0v) is 10.8. The number of rotatable bonds is 4. The number of carbonyl (C=O) groups excluding carboxylic acids is 2. The van der Waals surface area contributed by atoms with Crippen LogP contribution in [0, 0.1) is 5.82 Å². The molecule has 0 aromatic heterocycles. The standard InChI is InChI=1S/C12H13FN2O5/c1-6(10(16)15-12(19)14-2)20-9-4-3-7(13)5-8(9)11(17)18/h3-6H,1-2H3,(H,17,18)(H2,14,15,16,19). The summed E-state index contributed by atoms with van der Waals surface area (Å²) in [5.41, 5.74) is -0.412. The molecule has 1 aromatic rings. The first kappa shape index (κ1) is 15.4. The summed E-state index contributed by atoms with van der Waals surface area (Å²) in [6.45, 7) is 1.33. The second-order valence-corrected chi connectivity index (χ2v) is 3.77. The Hall–Kier alpha value is -2.64. The molecule has 3 amide bonds. The second-order valence-electron chi connectivity index (χ2n) is 3.77. The number of aromatic carboxylic acids is 1. The second kappa shape index (κ2) is 6.50. The molecule has 3 N–H and O–H groups in total. The van der Waals surface area contributed by atoms with Gasteiger partial charge in [-0.05, 0) is 25.1 Å². The van der Waals surface area contributed by atoms with Gasteiger partial charge in [-0.1, -0.05) is 0 Å². The van der Waals surface area contributed by atoms with E-state index in [2.05, 4.69) is 5.32 Å². The Labute approximate surface area is 113 Å². The maximum absolute atomic E-state index is 13.0. The molecule has 0 saturated carbocycles. The molecule has 0 aliphatic carbocycles. The number of benzene rings is 1. The Morgan fingerprint density at radius 2 is 2.00 bits per heavy atom. The van der Waals surface area contributed by atoms with E-state index in [1.807, 2.05) is 5.32 Å². The van der Waals surface area contributed by atoms with E-state index < -0.39 is 35.4 Å². The van der Waals surface area contributed by atoms with Crippen molar-refractivity contribution in [2.75, 3.05) is 7.05 Å². The maximum atomic E-state index is 13.0. The van der Waals surface area contributed by atoms with Gasteiger partial charge in [0.25, 0.3) is 5.91 Å². The van der Waals surface area contributed by atoms with Gasteiger partial charge in [-0.25, -0.2) is 14.0 Å². The molecule has 1 atom stereocenters. The number of urea groups is 1. The van der Waals surface area contributed by atoms with E-state index >= 15 is 0 Å². The minimum absolute atomic E-state index is 0.168. The highest BCUT2D eigenvalue weighted by molar-refractivity contribution is 5.96. The molecule has 0 fully saturated rings. The van der Waals surface area contributed by atoms with Crippen LogP contribution in [0.4, 0.5) is 9.18 Å². The van der Waals surface area contributed by atoms with Gasteiger partial charge in [0.1, 0.15) is 17.1 Å². The van der Waals surface area contributed by atoms with Crippen LogP contribution in [0.2, 0.25) is 0 Å². The third-order valence-electron chi connectivity index (χ3n) is 2.31. The van der Waals surface area contributed by atoms with Gasteiger partial charge in [0.05, 0.1) is 0 Å². The van der Waals surface area contributed by atoms with Crippen LogP contribution in [0.1, 0.15) is 17.3 Å². The highest BCUT2D eigenvalue weighted by Crippen LogP contribution is 2.21. The molecule has 1 rings (SSSR count). The van der Waals surface area contributed by atoms with E-state index in [9.17, 15) is 18.8 Å². The van der Waals surface area contributed by atoms with E-state index in [4.69, 9.17) is 9.84 Å². The molecular formula is C12H13FN2O5. The molecule has 0 spiro atoms. The maximum Gasteiger partial charge on any atom is 0.339 e. The molecule has 0 heterocycles. The summed E-state index contributed by atoms with van der Waals surface area (Å²) >= 11 is 0. The number of ether oxygens (including phenoxy) is 1. The van der Waals surface area contributed by atoms with Crippen LogP contribution in [0.25, 0.3) is 0 Å². The molecule has 0 aliphatic rings. The summed E-state index contributed by atoms with van der Waals surface area (Å²) in [6.07, 6.45) is -1.13. The number of carbonyl (C=O) groups is 3. The third kappa shape index (κ3) is 3.94. The Morgan fingerprint density at radius 1 is 1.35 bits per heavy atom. The zero-order chi connectivity index (χ0) is 15.3. The van der Waals surface area contributed by atoms with Crippen molar-refractivity contribution in [2.45, 2.75) is 13.0 Å². The summed E-state index contributed by atoms with van der Waals surface area (Å²) in [5.74, 6) is -3.06. The minimum Gasteiger partial charge on any atom is -0.480 e. The van der Waals surface area contributed by atoms with Gasteiger partial charge in [0.2, 0.25) is 0 Å². The largest absolute Gasteiger partial charge is 0.480 e. The number of halogens is 1. The number of nitrogens with one attached hydrogen (secondary N) is 2. The van der Waals surface area contributed by atoms with E-state index in [0.717, 1.165) is 18.2 Å². The number of imide groups is 1. The molecule has 108 valence electrons. The number of hydrogen-bond donors (Lipinski definition) is 3. The van der Waals surface area contributed by atoms with Crippen LogP contribution in [-0.2, 0) is 4.79 Å². The third-order valence-corrected chi connectivity index (χ3v) is 2.31. The lowest BCUT2D eigenvalue weighted by molar-refractivity contribution is -0.126. The number of hydrogen-bond acceptors (Lipinski definition) is 4. The van der Waals surface area contributed by atoms with E-state index in [0.29, 0.717) is 0 Å². The topological polar surface area (TPSA) is 105 Å². The molecular weight excluding hydrogens is 271 g/mol. The van der Waals surface area contributed by atoms with Crippen molar-refractivity contribution in [1.29, 1.82) is 0 Å². The monoisotopic (exact) mass is 284 g/mol. The van der Waals surface area contributed by atoms with Gasteiger partial charge in [-0.15, -0.1) is 0 Å². The van der Waals surface area contributed by atoms with Gasteiger partial charge >= 0.3 is 12.0 Å². The molecule has 7 nitrogen and oxygen atoms in total. The molecule has 1 aromatic carbocycles. The van der Waals surface area contributed by atoms with Crippen LogP contribution >= 0.6 is 0 Å². The van der Waals surface area contributed by atoms with E-state index in [-0.39, 0.29) is 5.75 Å². The average molecular weight is 284 g/mol. The van der Waals surface area contributed by atoms with E-state index in [1.165, 1.54) is 14.0 Å². The number of carboxylic acid groups (broad SMARTS) is 1. The molecule has 0 bridgehead atoms. The van der Waals surface area contributed by atoms with Crippen molar-refractivity contribution in [3.05, 3.63) is 29.6 Å². The fraction of sp³-hybridized carbons (Fsp3) is 0.250. The van der Waals surface area contributed by atoms with Crippen LogP contribution in [-0.4, -0.2) is 36.2 Å². The van der Waals surface area contributed by atoms with Crippen molar-refractivity contribution >= 4 is 17.9 Å². The smallest absolute Gasteiger partial charge is 0.339 e. The zero-order valence-electron chi connectivity index (χ0n) is 10.8. The van der Waals surface area contributed by atoms with Crippen molar-refractivity contribution in [3.63, 3.8) is 0 Å². The Balaban J connectivity index is 2.85. The highest BCUT2D eigenvalue weighted by atomic mass is 19.1. The Bertz CT molecular complexity index is 547. The Kier molecular flexibility index (Phi) is 5.01. The summed E-state index contributed by atoms with van der Waals surface area (Å²) in [4.78, 5) is 33.4. The highest BCUT2D eigenvalue weighted by Gasteiger charge is 2.20. The van der Waals surface area contributed by atoms with Gasteiger partial charge in [-0.2, -0.15) is 0 Å². The molecule has 0 aliphatic heterocycles. The lowest BCUT2D eigenvalue weighted by atomic mass is 10.2. The van der Waals surface area contributed by atoms with Crippen LogP contribution in [0.15, 0.2) is 18.2 Å². The van der Waals surface area contributed by atoms with Crippen LogP contribution in [0.5, 0.6) is 5.75 Å². The quantitative estimate of drug-likeness (QED) is 0.756. The van der Waals surface area contributed by atoms with Crippen molar-refractivity contribution in [2.24, 2.45) is 0 Å². The first-order valence-corrected chi connectivity index (χ1v) is 5.57. The van der Waals surface area contributed by atoms with Crippen molar-refractivity contribution in [3.8, 4) is 5.75 Å². The van der Waals surface area contributed by atoms with Gasteiger partial charge < -0.3 is 15.2 Å². The summed E-state index contributed by atoms with van der Waals surface area (Å²) in [7, 11) is 1.33. The summed E-state index contributed by atoms with van der Waals surface area (Å²) in [6, 6.07) is 2.16. The lowest BCUT2D eigenvalue weighted by Crippen LogP contribution is -2.44. The number of carboxylic acids is 1. The molecule has 0 radical (unpaired) electrons. The summed E-state index contributed by atoms with van der Waals surface area (Å²) in [5, 5.41) is 13.1. The normalized spacial score (nSPS) is 11.3. The predicted octanol–water partition coefficient (Wildman–Crippen LogP) is 0.747. The summed E-state index contributed by atoms with van der Waals surface area (Å²) < 4.78 is 18.1. The fourth-order valence-corrected chi connectivity index (χ4v) is 1.29. The molecule has 20 heavy (non-hydrogen) atoms. The molecule has 0 saturated heterocycles. The van der Waals surface area contributed by atoms with Gasteiger partial charge in [-0.3, -0.25) is 10.1 Å². The fourth-order valence-electron chi connectivity index (χ4n) is 1.29. The first-order valence-electron chi connectivity index (χ1n) is 5.57. The van der Waals surface area contributed by atoms with Crippen molar-refractivity contribution < 1.29 is 28.6 Å². The van der Waals surface area contributed by atoms with Crippen LogP contribution in [0.3, 0.4) is 0 Å². The SMILES string of the molecule is CNC(=O)NC(=O)C(C)Oc1ccc(F)cc1C(=O)O. The first-order chi connectivity index (χ1) is 9.35. The molecule has 1 unspecified atom stereocenters. The Morgan fingerprint density at radius 3 is 2.55 bits per heavy atom. The van der Waals surface area contributed by atoms with Gasteiger partial charge in [0, 0.05) is 7.05 Å². The molecule has 8 heteroatoms.